The van der Waals surface area contributed by atoms with Crippen LogP contribution in [0.3, 0.4) is 0 Å². The van der Waals surface area contributed by atoms with Crippen molar-refractivity contribution in [3.05, 3.63) is 52.7 Å². The summed E-state index contributed by atoms with van der Waals surface area (Å²) in [5, 5.41) is 0.532. The Morgan fingerprint density at radius 3 is 2.71 bits per heavy atom. The van der Waals surface area contributed by atoms with Gasteiger partial charge in [-0.1, -0.05) is 17.7 Å². The molecule has 2 heterocycles. The molecule has 0 fully saturated rings. The standard InChI is InChI=1S/C13H15ClN2O/c1-10-6-7-12(17-10)9-16(2)8-11-4-3-5-13(14)15-11/h3-7H,8-9H2,1-2H3. The lowest BCUT2D eigenvalue weighted by Gasteiger charge is -2.14. The van der Waals surface area contributed by atoms with E-state index in [0.717, 1.165) is 30.3 Å². The first-order valence-electron chi connectivity index (χ1n) is 5.49. The van der Waals surface area contributed by atoms with Crippen molar-refractivity contribution in [1.29, 1.82) is 0 Å². The van der Waals surface area contributed by atoms with E-state index >= 15 is 0 Å². The fraction of sp³-hybridized carbons (Fsp3) is 0.308. The van der Waals surface area contributed by atoms with E-state index < -0.39 is 0 Å². The smallest absolute Gasteiger partial charge is 0.129 e. The van der Waals surface area contributed by atoms with Crippen molar-refractivity contribution < 1.29 is 4.42 Å². The van der Waals surface area contributed by atoms with Crippen LogP contribution in [0.1, 0.15) is 17.2 Å². The van der Waals surface area contributed by atoms with E-state index in [0.29, 0.717) is 5.15 Å². The monoisotopic (exact) mass is 250 g/mol. The maximum Gasteiger partial charge on any atom is 0.129 e. The highest BCUT2D eigenvalue weighted by Gasteiger charge is 2.05. The minimum atomic E-state index is 0.532. The zero-order valence-electron chi connectivity index (χ0n) is 9.98. The lowest BCUT2D eigenvalue weighted by molar-refractivity contribution is 0.282. The zero-order chi connectivity index (χ0) is 12.3. The normalized spacial score (nSPS) is 11.1. The number of hydrogen-bond donors (Lipinski definition) is 0. The molecular weight excluding hydrogens is 236 g/mol. The Hall–Kier alpha value is -1.32. The van der Waals surface area contributed by atoms with Crippen molar-refractivity contribution in [3.8, 4) is 0 Å². The molecule has 0 aromatic carbocycles. The van der Waals surface area contributed by atoms with Gasteiger partial charge in [-0.05, 0) is 38.2 Å². The quantitative estimate of drug-likeness (QED) is 0.780. The van der Waals surface area contributed by atoms with E-state index in [9.17, 15) is 0 Å². The predicted octanol–water partition coefficient (Wildman–Crippen LogP) is 3.27. The maximum absolute atomic E-state index is 5.84. The molecule has 0 aliphatic rings. The van der Waals surface area contributed by atoms with Gasteiger partial charge in [0.15, 0.2) is 0 Å². The number of pyridine rings is 1. The number of aromatic nitrogens is 1. The lowest BCUT2D eigenvalue weighted by Crippen LogP contribution is -2.17. The number of furan rings is 1. The molecule has 0 spiro atoms. The van der Waals surface area contributed by atoms with Gasteiger partial charge in [-0.25, -0.2) is 4.98 Å². The van der Waals surface area contributed by atoms with Gasteiger partial charge in [-0.2, -0.15) is 0 Å². The van der Waals surface area contributed by atoms with Crippen molar-refractivity contribution in [2.75, 3.05) is 7.05 Å². The number of rotatable bonds is 4. The third-order valence-electron chi connectivity index (χ3n) is 2.43. The summed E-state index contributed by atoms with van der Waals surface area (Å²) >= 11 is 5.84. The average molecular weight is 251 g/mol. The van der Waals surface area contributed by atoms with Gasteiger partial charge in [0, 0.05) is 6.54 Å². The number of hydrogen-bond acceptors (Lipinski definition) is 3. The molecule has 0 atom stereocenters. The van der Waals surface area contributed by atoms with Crippen LogP contribution >= 0.6 is 11.6 Å². The van der Waals surface area contributed by atoms with Crippen LogP contribution in [0.5, 0.6) is 0 Å². The van der Waals surface area contributed by atoms with Crippen LogP contribution in [0.2, 0.25) is 5.15 Å². The summed E-state index contributed by atoms with van der Waals surface area (Å²) in [6.07, 6.45) is 0. The number of aryl methyl sites for hydroxylation is 1. The molecule has 17 heavy (non-hydrogen) atoms. The second kappa shape index (κ2) is 5.34. The average Bonchev–Trinajstić information content (AvgIpc) is 2.63. The van der Waals surface area contributed by atoms with Crippen molar-refractivity contribution in [3.63, 3.8) is 0 Å². The Morgan fingerprint density at radius 2 is 2.06 bits per heavy atom. The molecule has 0 unspecified atom stereocenters. The fourth-order valence-corrected chi connectivity index (χ4v) is 1.89. The SMILES string of the molecule is Cc1ccc(CN(C)Cc2cccc(Cl)n2)o1. The second-order valence-corrected chi connectivity index (χ2v) is 4.52. The van der Waals surface area contributed by atoms with Crippen molar-refractivity contribution in [2.45, 2.75) is 20.0 Å². The van der Waals surface area contributed by atoms with E-state index in [1.165, 1.54) is 0 Å². The van der Waals surface area contributed by atoms with E-state index in [-0.39, 0.29) is 0 Å². The van der Waals surface area contributed by atoms with Crippen molar-refractivity contribution >= 4 is 11.6 Å². The number of nitrogens with zero attached hydrogens (tertiary/aromatic N) is 2. The largest absolute Gasteiger partial charge is 0.465 e. The Labute approximate surface area is 106 Å². The van der Waals surface area contributed by atoms with E-state index in [1.54, 1.807) is 6.07 Å². The Balaban J connectivity index is 1.95. The molecule has 2 aromatic heterocycles. The first-order chi connectivity index (χ1) is 8.13. The summed E-state index contributed by atoms with van der Waals surface area (Å²) in [6.45, 7) is 3.46. The van der Waals surface area contributed by atoms with E-state index in [2.05, 4.69) is 9.88 Å². The molecule has 0 amide bonds. The van der Waals surface area contributed by atoms with Gasteiger partial charge < -0.3 is 4.42 Å². The van der Waals surface area contributed by atoms with Gasteiger partial charge >= 0.3 is 0 Å². The van der Waals surface area contributed by atoms with Crippen LogP contribution < -0.4 is 0 Å². The molecule has 3 nitrogen and oxygen atoms in total. The van der Waals surface area contributed by atoms with Crippen LogP contribution in [0, 0.1) is 6.92 Å². The first-order valence-corrected chi connectivity index (χ1v) is 5.86. The van der Waals surface area contributed by atoms with Crippen molar-refractivity contribution in [1.82, 2.24) is 9.88 Å². The molecule has 0 bridgehead atoms. The Morgan fingerprint density at radius 1 is 1.24 bits per heavy atom. The fourth-order valence-electron chi connectivity index (χ4n) is 1.71. The molecule has 0 N–H and O–H groups in total. The summed E-state index contributed by atoms with van der Waals surface area (Å²) < 4.78 is 5.53. The molecule has 4 heteroatoms. The Bertz CT molecular complexity index is 496. The van der Waals surface area contributed by atoms with E-state index in [4.69, 9.17) is 16.0 Å². The molecule has 90 valence electrons. The minimum absolute atomic E-state index is 0.532. The topological polar surface area (TPSA) is 29.3 Å². The van der Waals surface area contributed by atoms with Crippen LogP contribution in [-0.2, 0) is 13.1 Å². The number of halogens is 1. The molecular formula is C13H15ClN2O. The third-order valence-corrected chi connectivity index (χ3v) is 2.64. The molecule has 0 saturated heterocycles. The summed E-state index contributed by atoms with van der Waals surface area (Å²) in [5.41, 5.74) is 0.961. The van der Waals surface area contributed by atoms with Gasteiger partial charge in [0.05, 0.1) is 12.2 Å². The summed E-state index contributed by atoms with van der Waals surface area (Å²) in [4.78, 5) is 6.39. The highest BCUT2D eigenvalue weighted by molar-refractivity contribution is 6.29. The van der Waals surface area contributed by atoms with Crippen LogP contribution in [0.25, 0.3) is 0 Å². The summed E-state index contributed by atoms with van der Waals surface area (Å²) in [6, 6.07) is 9.63. The zero-order valence-corrected chi connectivity index (χ0v) is 10.7. The van der Waals surface area contributed by atoms with Crippen LogP contribution in [-0.4, -0.2) is 16.9 Å². The van der Waals surface area contributed by atoms with Gasteiger partial charge in [0.2, 0.25) is 0 Å². The first kappa shape index (κ1) is 12.1. The van der Waals surface area contributed by atoms with Gasteiger partial charge in [0.1, 0.15) is 16.7 Å². The summed E-state index contributed by atoms with van der Waals surface area (Å²) in [5.74, 6) is 1.90. The highest BCUT2D eigenvalue weighted by Crippen LogP contribution is 2.11. The van der Waals surface area contributed by atoms with Gasteiger partial charge in [0.25, 0.3) is 0 Å². The van der Waals surface area contributed by atoms with Gasteiger partial charge in [-0.3, -0.25) is 4.90 Å². The Kier molecular flexibility index (Phi) is 3.82. The molecule has 0 radical (unpaired) electrons. The maximum atomic E-state index is 5.84. The second-order valence-electron chi connectivity index (χ2n) is 4.14. The molecule has 0 aliphatic carbocycles. The highest BCUT2D eigenvalue weighted by atomic mass is 35.5. The van der Waals surface area contributed by atoms with Crippen molar-refractivity contribution in [2.24, 2.45) is 0 Å². The van der Waals surface area contributed by atoms with Gasteiger partial charge in [-0.15, -0.1) is 0 Å². The third kappa shape index (κ3) is 3.58. The minimum Gasteiger partial charge on any atom is -0.465 e. The van der Waals surface area contributed by atoms with Crippen LogP contribution in [0.15, 0.2) is 34.7 Å². The molecule has 2 aromatic rings. The summed E-state index contributed by atoms with van der Waals surface area (Å²) in [7, 11) is 2.03. The molecule has 0 saturated carbocycles. The van der Waals surface area contributed by atoms with Crippen LogP contribution in [0.4, 0.5) is 0 Å². The molecule has 0 aliphatic heterocycles. The molecule has 2 rings (SSSR count). The lowest BCUT2D eigenvalue weighted by atomic mass is 10.3. The van der Waals surface area contributed by atoms with E-state index in [1.807, 2.05) is 38.2 Å². The predicted molar refractivity (Wildman–Crippen MR) is 67.9 cm³/mol.